The minimum atomic E-state index is -3.65. The number of anilines is 1. The van der Waals surface area contributed by atoms with Crippen LogP contribution in [0.1, 0.15) is 36.9 Å². The molecular formula is C24H24N4O4S2. The van der Waals surface area contributed by atoms with Crippen LogP contribution < -0.4 is 4.90 Å². The number of hydrogen-bond donors (Lipinski definition) is 0. The first-order valence-corrected chi connectivity index (χ1v) is 13.2. The molecule has 0 atom stereocenters. The number of sulfonamides is 1. The Balaban J connectivity index is 1.28. The molecule has 1 aromatic carbocycles. The zero-order valence-corrected chi connectivity index (χ0v) is 20.5. The van der Waals surface area contributed by atoms with Gasteiger partial charge in [-0.3, -0.25) is 19.5 Å². The lowest BCUT2D eigenvalue weighted by atomic mass is 10.1. The fraction of sp³-hybridized carbons (Fsp3) is 0.292. The first-order valence-electron chi connectivity index (χ1n) is 11.0. The van der Waals surface area contributed by atoms with Gasteiger partial charge in [-0.25, -0.2) is 8.42 Å². The lowest BCUT2D eigenvalue weighted by Gasteiger charge is -2.36. The van der Waals surface area contributed by atoms with E-state index < -0.39 is 21.8 Å². The topological polar surface area (TPSA) is 90.9 Å². The monoisotopic (exact) mass is 496 g/mol. The minimum absolute atomic E-state index is 0.0224. The van der Waals surface area contributed by atoms with Crippen LogP contribution in [0, 0.1) is 13.8 Å². The normalized spacial score (nSPS) is 16.9. The van der Waals surface area contributed by atoms with E-state index in [2.05, 4.69) is 35.9 Å². The molecule has 5 rings (SSSR count). The first-order chi connectivity index (χ1) is 16.3. The van der Waals surface area contributed by atoms with Crippen LogP contribution >= 0.6 is 11.3 Å². The van der Waals surface area contributed by atoms with Gasteiger partial charge in [-0.2, -0.15) is 4.31 Å². The van der Waals surface area contributed by atoms with Gasteiger partial charge in [0, 0.05) is 42.9 Å². The summed E-state index contributed by atoms with van der Waals surface area (Å²) in [7, 11) is -3.65. The molecule has 2 aromatic heterocycles. The van der Waals surface area contributed by atoms with E-state index in [9.17, 15) is 18.0 Å². The molecule has 2 aliphatic heterocycles. The van der Waals surface area contributed by atoms with Gasteiger partial charge < -0.3 is 4.90 Å². The fourth-order valence-corrected chi connectivity index (χ4v) is 7.29. The third kappa shape index (κ3) is 3.81. The maximum atomic E-state index is 13.3. The maximum absolute atomic E-state index is 13.3. The van der Waals surface area contributed by atoms with Crippen molar-refractivity contribution in [3.05, 3.63) is 75.9 Å². The highest BCUT2D eigenvalue weighted by Crippen LogP contribution is 2.30. The minimum Gasteiger partial charge on any atom is -0.369 e. The predicted molar refractivity (Wildman–Crippen MR) is 130 cm³/mol. The number of rotatable bonds is 5. The summed E-state index contributed by atoms with van der Waals surface area (Å²) >= 11 is 1.09. The summed E-state index contributed by atoms with van der Waals surface area (Å²) in [5.41, 5.74) is 3.99. The summed E-state index contributed by atoms with van der Waals surface area (Å²) in [6.07, 6.45) is 1.48. The van der Waals surface area contributed by atoms with Crippen LogP contribution in [0.25, 0.3) is 0 Å². The third-order valence-corrected chi connectivity index (χ3v) is 9.87. The smallest absolute Gasteiger partial charge is 0.280 e. The number of amides is 2. The molecule has 4 heterocycles. The molecule has 0 spiro atoms. The van der Waals surface area contributed by atoms with Crippen LogP contribution in [-0.2, 0) is 16.6 Å². The summed E-state index contributed by atoms with van der Waals surface area (Å²) in [5, 5.41) is 0. The second-order valence-electron chi connectivity index (χ2n) is 8.43. The molecule has 1 saturated heterocycles. The Kier molecular flexibility index (Phi) is 5.75. The van der Waals surface area contributed by atoms with E-state index in [0.29, 0.717) is 31.1 Å². The van der Waals surface area contributed by atoms with Crippen molar-refractivity contribution < 1.29 is 18.0 Å². The van der Waals surface area contributed by atoms with Crippen molar-refractivity contribution in [3.8, 4) is 0 Å². The van der Waals surface area contributed by atoms with Crippen LogP contribution in [-0.4, -0.2) is 60.6 Å². The van der Waals surface area contributed by atoms with E-state index in [1.165, 1.54) is 21.6 Å². The van der Waals surface area contributed by atoms with Crippen molar-refractivity contribution in [1.29, 1.82) is 0 Å². The number of aromatic nitrogens is 1. The summed E-state index contributed by atoms with van der Waals surface area (Å²) in [4.78, 5) is 33.1. The fourth-order valence-electron chi connectivity index (χ4n) is 4.37. The number of carbonyl (C=O) groups excluding carboxylic acids is 2. The van der Waals surface area contributed by atoms with Crippen LogP contribution in [0.4, 0.5) is 5.69 Å². The quantitative estimate of drug-likeness (QED) is 0.505. The Morgan fingerprint density at radius 1 is 0.941 bits per heavy atom. The predicted octanol–water partition coefficient (Wildman–Crippen LogP) is 3.07. The van der Waals surface area contributed by atoms with E-state index in [0.717, 1.165) is 21.9 Å². The second-order valence-corrected chi connectivity index (χ2v) is 11.8. The number of nitrogens with zero attached hydrogens (tertiary/aromatic N) is 4. The molecular weight excluding hydrogens is 472 g/mol. The molecule has 34 heavy (non-hydrogen) atoms. The number of pyridine rings is 1. The number of piperazine rings is 1. The molecule has 2 aliphatic rings. The molecule has 3 aromatic rings. The van der Waals surface area contributed by atoms with Crippen molar-refractivity contribution in [2.75, 3.05) is 31.1 Å². The summed E-state index contributed by atoms with van der Waals surface area (Å²) < 4.78 is 28.3. The maximum Gasteiger partial charge on any atom is 0.280 e. The lowest BCUT2D eigenvalue weighted by molar-refractivity contribution is 0.0642. The number of fused-ring (bicyclic) bond motifs is 1. The SMILES string of the molecule is Cc1cccc(N2CCN(S(=O)(=O)c3ccc(CN4C(=O)c5cccnc5C4=O)s3)CC2)c1C. The second kappa shape index (κ2) is 8.61. The Hall–Kier alpha value is -3.08. The zero-order chi connectivity index (χ0) is 24.0. The lowest BCUT2D eigenvalue weighted by Crippen LogP contribution is -2.48. The third-order valence-electron chi connectivity index (χ3n) is 6.43. The van der Waals surface area contributed by atoms with Crippen molar-refractivity contribution in [1.82, 2.24) is 14.2 Å². The average molecular weight is 497 g/mol. The summed E-state index contributed by atoms with van der Waals surface area (Å²) in [6.45, 7) is 6.21. The number of hydrogen-bond acceptors (Lipinski definition) is 7. The van der Waals surface area contributed by atoms with Gasteiger partial charge in [0.05, 0.1) is 12.1 Å². The standard InChI is InChI=1S/C24H24N4O4S2/c1-16-5-3-7-20(17(16)2)26-11-13-27(14-12-26)34(31,32)21-9-8-18(33-21)15-28-23(29)19-6-4-10-25-22(19)24(28)30/h3-10H,11-15H2,1-2H3. The van der Waals surface area contributed by atoms with Gasteiger partial charge in [0.15, 0.2) is 0 Å². The number of carbonyl (C=O) groups is 2. The van der Waals surface area contributed by atoms with Crippen molar-refractivity contribution in [2.45, 2.75) is 24.6 Å². The van der Waals surface area contributed by atoms with Gasteiger partial charge in [-0.1, -0.05) is 12.1 Å². The molecule has 176 valence electrons. The molecule has 10 heteroatoms. The molecule has 0 unspecified atom stereocenters. The van der Waals surface area contributed by atoms with E-state index in [1.54, 1.807) is 24.3 Å². The Labute approximate surface area is 202 Å². The number of imide groups is 1. The number of thiophene rings is 1. The highest BCUT2D eigenvalue weighted by molar-refractivity contribution is 7.91. The van der Waals surface area contributed by atoms with Gasteiger partial charge in [0.1, 0.15) is 9.90 Å². The Morgan fingerprint density at radius 2 is 1.71 bits per heavy atom. The Bertz CT molecular complexity index is 1360. The van der Waals surface area contributed by atoms with Gasteiger partial charge >= 0.3 is 0 Å². The van der Waals surface area contributed by atoms with E-state index >= 15 is 0 Å². The molecule has 2 amide bonds. The number of benzene rings is 1. The molecule has 0 bridgehead atoms. The van der Waals surface area contributed by atoms with Gasteiger partial charge in [-0.15, -0.1) is 11.3 Å². The van der Waals surface area contributed by atoms with Crippen LogP contribution in [0.2, 0.25) is 0 Å². The summed E-state index contributed by atoms with van der Waals surface area (Å²) in [5.74, 6) is -0.866. The van der Waals surface area contributed by atoms with Crippen LogP contribution in [0.5, 0.6) is 0 Å². The largest absolute Gasteiger partial charge is 0.369 e. The molecule has 0 radical (unpaired) electrons. The van der Waals surface area contributed by atoms with Crippen molar-refractivity contribution in [2.24, 2.45) is 0 Å². The molecule has 1 fully saturated rings. The molecule has 0 N–H and O–H groups in total. The molecule has 8 nitrogen and oxygen atoms in total. The average Bonchev–Trinajstić information content (AvgIpc) is 3.41. The molecule has 0 aliphatic carbocycles. The molecule has 0 saturated carbocycles. The highest BCUT2D eigenvalue weighted by atomic mass is 32.2. The Morgan fingerprint density at radius 3 is 2.44 bits per heavy atom. The van der Waals surface area contributed by atoms with Crippen LogP contribution in [0.15, 0.2) is 52.9 Å². The van der Waals surface area contributed by atoms with E-state index in [1.807, 2.05) is 6.07 Å². The zero-order valence-electron chi connectivity index (χ0n) is 18.9. The summed E-state index contributed by atoms with van der Waals surface area (Å²) in [6, 6.07) is 12.6. The highest BCUT2D eigenvalue weighted by Gasteiger charge is 2.37. The van der Waals surface area contributed by atoms with Gasteiger partial charge in [-0.05, 0) is 55.3 Å². The first kappa shape index (κ1) is 22.7. The van der Waals surface area contributed by atoms with Crippen molar-refractivity contribution >= 4 is 38.9 Å². The van der Waals surface area contributed by atoms with Gasteiger partial charge in [0.25, 0.3) is 21.8 Å². The van der Waals surface area contributed by atoms with E-state index in [-0.39, 0.29) is 22.0 Å². The van der Waals surface area contributed by atoms with Crippen molar-refractivity contribution in [3.63, 3.8) is 0 Å². The van der Waals surface area contributed by atoms with Gasteiger partial charge in [0.2, 0.25) is 0 Å². The number of aryl methyl sites for hydroxylation is 1. The van der Waals surface area contributed by atoms with Crippen LogP contribution in [0.3, 0.4) is 0 Å². The van der Waals surface area contributed by atoms with E-state index in [4.69, 9.17) is 0 Å².